The highest BCUT2D eigenvalue weighted by atomic mass is 32.1. The molecule has 3 aromatic rings. The fourth-order valence-corrected chi connectivity index (χ4v) is 3.48. The Hall–Kier alpha value is -2.73. The molecule has 6 heteroatoms. The Morgan fingerprint density at radius 1 is 1.15 bits per heavy atom. The highest BCUT2D eigenvalue weighted by Gasteiger charge is 2.16. The van der Waals surface area contributed by atoms with E-state index in [0.717, 1.165) is 23.4 Å². The van der Waals surface area contributed by atoms with Gasteiger partial charge in [0.05, 0.1) is 17.8 Å². The first-order valence-electron chi connectivity index (χ1n) is 8.48. The van der Waals surface area contributed by atoms with E-state index < -0.39 is 0 Å². The lowest BCUT2D eigenvalue weighted by molar-refractivity contribution is -0.115. The van der Waals surface area contributed by atoms with Gasteiger partial charge in [-0.1, -0.05) is 36.8 Å². The minimum atomic E-state index is -0.141. The lowest BCUT2D eigenvalue weighted by Crippen LogP contribution is -2.17. The molecule has 0 fully saturated rings. The van der Waals surface area contributed by atoms with E-state index >= 15 is 0 Å². The van der Waals surface area contributed by atoms with E-state index in [4.69, 9.17) is 0 Å². The maximum Gasteiger partial charge on any atom is 0.232 e. The molecule has 0 radical (unpaired) electrons. The van der Waals surface area contributed by atoms with Crippen LogP contribution >= 0.6 is 11.3 Å². The van der Waals surface area contributed by atoms with Crippen LogP contribution in [0.3, 0.4) is 0 Å². The number of nitrogens with one attached hydrogen (secondary N) is 1. The quantitative estimate of drug-likeness (QED) is 0.675. The van der Waals surface area contributed by atoms with Crippen LogP contribution in [-0.2, 0) is 24.7 Å². The van der Waals surface area contributed by atoms with Crippen molar-refractivity contribution in [2.24, 2.45) is 7.05 Å². The molecule has 0 saturated heterocycles. The summed E-state index contributed by atoms with van der Waals surface area (Å²) in [6.07, 6.45) is 1.04. The maximum atomic E-state index is 12.7. The Labute approximate surface area is 156 Å². The third-order valence-electron chi connectivity index (χ3n) is 4.27. The van der Waals surface area contributed by atoms with Gasteiger partial charge < -0.3 is 9.88 Å². The van der Waals surface area contributed by atoms with Crippen molar-refractivity contribution in [3.8, 4) is 0 Å². The van der Waals surface area contributed by atoms with Crippen LogP contribution < -0.4 is 5.32 Å². The van der Waals surface area contributed by atoms with Gasteiger partial charge in [-0.3, -0.25) is 9.59 Å². The molecule has 0 aliphatic carbocycles. The average molecular weight is 367 g/mol. The zero-order valence-corrected chi connectivity index (χ0v) is 15.9. The number of hydrogen-bond acceptors (Lipinski definition) is 4. The highest BCUT2D eigenvalue weighted by Crippen LogP contribution is 2.17. The van der Waals surface area contributed by atoms with Gasteiger partial charge in [-0.2, -0.15) is 0 Å². The molecule has 0 atom stereocenters. The van der Waals surface area contributed by atoms with Crippen LogP contribution in [-0.4, -0.2) is 21.2 Å². The van der Waals surface area contributed by atoms with E-state index in [1.165, 1.54) is 11.3 Å². The summed E-state index contributed by atoms with van der Waals surface area (Å²) in [7, 11) is 1.81. The summed E-state index contributed by atoms with van der Waals surface area (Å²) in [5.41, 5.74) is 4.07. The predicted molar refractivity (Wildman–Crippen MR) is 104 cm³/mol. The van der Waals surface area contributed by atoms with Gasteiger partial charge in [0.15, 0.2) is 5.13 Å². The third-order valence-corrected chi connectivity index (χ3v) is 5.08. The molecule has 26 heavy (non-hydrogen) atoms. The Morgan fingerprint density at radius 2 is 1.88 bits per heavy atom. The first-order chi connectivity index (χ1) is 12.5. The summed E-state index contributed by atoms with van der Waals surface area (Å²) < 4.78 is 1.78. The monoisotopic (exact) mass is 367 g/mol. The SMILES string of the molecule is CCc1csc(NC(=O)Cc2ccc(C(=O)c3ccc(C)cc3)n2C)n1. The average Bonchev–Trinajstić information content (AvgIpc) is 3.22. The molecular weight excluding hydrogens is 346 g/mol. The summed E-state index contributed by atoms with van der Waals surface area (Å²) in [6, 6.07) is 11.1. The molecule has 0 aliphatic heterocycles. The molecule has 0 unspecified atom stereocenters. The molecule has 0 aliphatic rings. The van der Waals surface area contributed by atoms with Crippen molar-refractivity contribution in [2.75, 3.05) is 5.32 Å². The minimum Gasteiger partial charge on any atom is -0.344 e. The van der Waals surface area contributed by atoms with Crippen LogP contribution in [0.15, 0.2) is 41.8 Å². The van der Waals surface area contributed by atoms with Crippen molar-refractivity contribution in [3.05, 3.63) is 70.0 Å². The Morgan fingerprint density at radius 3 is 2.54 bits per heavy atom. The number of ketones is 1. The van der Waals surface area contributed by atoms with Gasteiger partial charge in [0.25, 0.3) is 0 Å². The number of anilines is 1. The number of aromatic nitrogens is 2. The lowest BCUT2D eigenvalue weighted by atomic mass is 10.1. The zero-order chi connectivity index (χ0) is 18.7. The summed E-state index contributed by atoms with van der Waals surface area (Å²) in [6.45, 7) is 4.01. The molecule has 1 N–H and O–H groups in total. The second kappa shape index (κ2) is 7.66. The molecule has 2 heterocycles. The third kappa shape index (κ3) is 3.91. The van der Waals surface area contributed by atoms with E-state index in [0.29, 0.717) is 16.4 Å². The largest absolute Gasteiger partial charge is 0.344 e. The van der Waals surface area contributed by atoms with Crippen molar-refractivity contribution in [2.45, 2.75) is 26.7 Å². The molecule has 3 rings (SSSR count). The van der Waals surface area contributed by atoms with Gasteiger partial charge in [-0.15, -0.1) is 11.3 Å². The number of hydrogen-bond donors (Lipinski definition) is 1. The molecule has 0 spiro atoms. The number of aryl methyl sites for hydroxylation is 2. The van der Waals surface area contributed by atoms with E-state index in [2.05, 4.69) is 10.3 Å². The number of nitrogens with zero attached hydrogens (tertiary/aromatic N) is 2. The van der Waals surface area contributed by atoms with Crippen LogP contribution in [0.2, 0.25) is 0 Å². The smallest absolute Gasteiger partial charge is 0.232 e. The van der Waals surface area contributed by atoms with E-state index in [1.54, 1.807) is 10.6 Å². The number of amides is 1. The van der Waals surface area contributed by atoms with Crippen molar-refractivity contribution in [1.29, 1.82) is 0 Å². The molecule has 1 amide bonds. The van der Waals surface area contributed by atoms with Gasteiger partial charge in [0, 0.05) is 23.7 Å². The topological polar surface area (TPSA) is 64.0 Å². The number of carbonyl (C=O) groups excluding carboxylic acids is 2. The van der Waals surface area contributed by atoms with Crippen molar-refractivity contribution in [3.63, 3.8) is 0 Å². The summed E-state index contributed by atoms with van der Waals surface area (Å²) in [5, 5.41) is 5.37. The van der Waals surface area contributed by atoms with Crippen LogP contribution in [0.1, 0.15) is 39.9 Å². The molecule has 5 nitrogen and oxygen atoms in total. The number of rotatable bonds is 6. The van der Waals surface area contributed by atoms with Gasteiger partial charge >= 0.3 is 0 Å². The summed E-state index contributed by atoms with van der Waals surface area (Å²) in [5.74, 6) is -0.191. The lowest BCUT2D eigenvalue weighted by Gasteiger charge is -2.07. The second-order valence-electron chi connectivity index (χ2n) is 6.19. The molecular formula is C20H21N3O2S. The van der Waals surface area contributed by atoms with Gasteiger partial charge in [-0.05, 0) is 25.5 Å². The van der Waals surface area contributed by atoms with Crippen LogP contribution in [0, 0.1) is 6.92 Å². The summed E-state index contributed by atoms with van der Waals surface area (Å²) in [4.78, 5) is 29.3. The fraction of sp³-hybridized carbons (Fsp3) is 0.250. The van der Waals surface area contributed by atoms with Crippen LogP contribution in [0.5, 0.6) is 0 Å². The maximum absolute atomic E-state index is 12.7. The molecule has 2 aromatic heterocycles. The van der Waals surface area contributed by atoms with Gasteiger partial charge in [0.2, 0.25) is 11.7 Å². The van der Waals surface area contributed by atoms with Gasteiger partial charge in [-0.25, -0.2) is 4.98 Å². The van der Waals surface area contributed by atoms with E-state index in [1.807, 2.05) is 56.6 Å². The first-order valence-corrected chi connectivity index (χ1v) is 9.36. The van der Waals surface area contributed by atoms with E-state index in [-0.39, 0.29) is 18.1 Å². The Bertz CT molecular complexity index is 938. The predicted octanol–water partition coefficient (Wildman–Crippen LogP) is 3.76. The molecule has 0 saturated carbocycles. The second-order valence-corrected chi connectivity index (χ2v) is 7.04. The zero-order valence-electron chi connectivity index (χ0n) is 15.1. The Kier molecular flexibility index (Phi) is 5.32. The van der Waals surface area contributed by atoms with Crippen molar-refractivity contribution in [1.82, 2.24) is 9.55 Å². The minimum absolute atomic E-state index is 0.0494. The summed E-state index contributed by atoms with van der Waals surface area (Å²) >= 11 is 1.42. The van der Waals surface area contributed by atoms with E-state index in [9.17, 15) is 9.59 Å². The number of carbonyl (C=O) groups is 2. The van der Waals surface area contributed by atoms with Gasteiger partial charge in [0.1, 0.15) is 0 Å². The molecule has 134 valence electrons. The Balaban J connectivity index is 1.71. The molecule has 0 bridgehead atoms. The first kappa shape index (κ1) is 18.1. The number of benzene rings is 1. The number of thiazole rings is 1. The van der Waals surface area contributed by atoms with Crippen molar-refractivity contribution < 1.29 is 9.59 Å². The molecule has 1 aromatic carbocycles. The van der Waals surface area contributed by atoms with Crippen LogP contribution in [0.25, 0.3) is 0 Å². The fourth-order valence-electron chi connectivity index (χ4n) is 2.67. The standard InChI is InChI=1S/C20H21N3O2S/c1-4-15-12-26-20(21-15)22-18(24)11-16-9-10-17(23(16)3)19(25)14-7-5-13(2)6-8-14/h5-10,12H,4,11H2,1-3H3,(H,21,22,24). The highest BCUT2D eigenvalue weighted by molar-refractivity contribution is 7.13. The van der Waals surface area contributed by atoms with Crippen molar-refractivity contribution >= 4 is 28.2 Å². The normalized spacial score (nSPS) is 10.7. The van der Waals surface area contributed by atoms with Crippen LogP contribution in [0.4, 0.5) is 5.13 Å².